The van der Waals surface area contributed by atoms with Gasteiger partial charge in [-0.15, -0.1) is 5.10 Å². The van der Waals surface area contributed by atoms with E-state index < -0.39 is 24.8 Å². The zero-order chi connectivity index (χ0) is 27.0. The van der Waals surface area contributed by atoms with Gasteiger partial charge in [0.15, 0.2) is 5.82 Å². The predicted octanol–water partition coefficient (Wildman–Crippen LogP) is 2.34. The smallest absolute Gasteiger partial charge is 0.339 e. The highest BCUT2D eigenvalue weighted by Gasteiger charge is 2.48. The highest BCUT2D eigenvalue weighted by molar-refractivity contribution is 6.00. The van der Waals surface area contributed by atoms with Gasteiger partial charge in [-0.25, -0.2) is 4.68 Å². The van der Waals surface area contributed by atoms with Crippen LogP contribution in [0.5, 0.6) is 0 Å². The molecule has 0 spiro atoms. The summed E-state index contributed by atoms with van der Waals surface area (Å²) in [4.78, 5) is 26.6. The highest BCUT2D eigenvalue weighted by Crippen LogP contribution is 2.51. The van der Waals surface area contributed by atoms with Crippen LogP contribution < -0.4 is 10.6 Å². The summed E-state index contributed by atoms with van der Waals surface area (Å²) < 4.78 is 42.5. The first-order valence-electron chi connectivity index (χ1n) is 12.6. The van der Waals surface area contributed by atoms with E-state index >= 15 is 0 Å². The predicted molar refractivity (Wildman–Crippen MR) is 127 cm³/mol. The third kappa shape index (κ3) is 5.70. The summed E-state index contributed by atoms with van der Waals surface area (Å²) in [7, 11) is 1.66. The molecule has 5 rings (SSSR count). The maximum absolute atomic E-state index is 13.5. The fourth-order valence-corrected chi connectivity index (χ4v) is 5.05. The summed E-state index contributed by atoms with van der Waals surface area (Å²) in [5, 5.41) is 24.8. The van der Waals surface area contributed by atoms with Gasteiger partial charge in [-0.1, -0.05) is 6.92 Å². The normalized spacial score (nSPS) is 17.4. The molecule has 204 valence electrons. The third-order valence-corrected chi connectivity index (χ3v) is 7.10. The van der Waals surface area contributed by atoms with Crippen LogP contribution in [0.25, 0.3) is 0 Å². The molecule has 2 amide bonds. The number of nitrogens with zero attached hydrogens (tertiary/aromatic N) is 8. The van der Waals surface area contributed by atoms with E-state index in [2.05, 4.69) is 36.4 Å². The molecule has 3 heterocycles. The lowest BCUT2D eigenvalue weighted by Gasteiger charge is -2.27. The van der Waals surface area contributed by atoms with Crippen molar-refractivity contribution in [1.82, 2.24) is 45.1 Å². The Hall–Kier alpha value is -3.78. The van der Waals surface area contributed by atoms with Crippen LogP contribution in [0.15, 0.2) is 24.7 Å². The summed E-state index contributed by atoms with van der Waals surface area (Å²) in [6, 6.07) is 0.167. The van der Waals surface area contributed by atoms with Gasteiger partial charge in [0.25, 0.3) is 5.91 Å². The first kappa shape index (κ1) is 25.9. The maximum Gasteiger partial charge on any atom is 0.408 e. The number of rotatable bonds is 11. The molecule has 2 aliphatic carbocycles. The lowest BCUT2D eigenvalue weighted by molar-refractivity contribution is -0.143. The van der Waals surface area contributed by atoms with Crippen LogP contribution in [0.4, 0.5) is 18.9 Å². The molecule has 0 aliphatic heterocycles. The van der Waals surface area contributed by atoms with Crippen molar-refractivity contribution in [3.8, 4) is 0 Å². The van der Waals surface area contributed by atoms with E-state index in [1.807, 2.05) is 0 Å². The van der Waals surface area contributed by atoms with E-state index in [-0.39, 0.29) is 23.6 Å². The number of halogens is 3. The van der Waals surface area contributed by atoms with E-state index in [9.17, 15) is 22.8 Å². The molecule has 2 atom stereocenters. The first-order chi connectivity index (χ1) is 18.1. The van der Waals surface area contributed by atoms with Crippen LogP contribution in [0.2, 0.25) is 0 Å². The van der Waals surface area contributed by atoms with Gasteiger partial charge in [-0.3, -0.25) is 19.0 Å². The number of amides is 2. The molecule has 1 unspecified atom stereocenters. The topological polar surface area (TPSA) is 137 Å². The van der Waals surface area contributed by atoms with E-state index in [0.717, 1.165) is 25.7 Å². The minimum absolute atomic E-state index is 0.00893. The molecule has 15 heteroatoms. The van der Waals surface area contributed by atoms with Gasteiger partial charge >= 0.3 is 6.18 Å². The van der Waals surface area contributed by atoms with E-state index in [1.54, 1.807) is 20.0 Å². The summed E-state index contributed by atoms with van der Waals surface area (Å²) in [6.07, 6.45) is 4.44. The monoisotopic (exact) mass is 534 g/mol. The molecule has 2 fully saturated rings. The van der Waals surface area contributed by atoms with E-state index in [4.69, 9.17) is 0 Å². The molecule has 12 nitrogen and oxygen atoms in total. The number of carbonyl (C=O) groups is 2. The Morgan fingerprint density at radius 3 is 2.45 bits per heavy atom. The van der Waals surface area contributed by atoms with Crippen LogP contribution in [-0.4, -0.2) is 63.8 Å². The number of tetrazole rings is 1. The number of hydrogen-bond donors (Lipinski definition) is 2. The number of alkyl halides is 3. The summed E-state index contributed by atoms with van der Waals surface area (Å²) in [5.74, 6) is 0.0512. The molecule has 0 bridgehead atoms. The lowest BCUT2D eigenvalue weighted by Crippen LogP contribution is -2.50. The second kappa shape index (κ2) is 10.2. The second-order valence-corrected chi connectivity index (χ2v) is 9.98. The van der Waals surface area contributed by atoms with Crippen LogP contribution in [0.1, 0.15) is 61.4 Å². The number of nitrogens with one attached hydrogen (secondary N) is 2. The number of aryl methyl sites for hydroxylation is 1. The quantitative estimate of drug-likeness (QED) is 0.385. The SMILES string of the molecule is CCC(c1nnnn1CC(F)(F)F)n1cc(NC(=O)[C@@H](NC(=O)c2ccnn2C)C(C2CC2)C2CC2)cn1. The van der Waals surface area contributed by atoms with Gasteiger partial charge < -0.3 is 10.6 Å². The second-order valence-electron chi connectivity index (χ2n) is 9.98. The van der Waals surface area contributed by atoms with Crippen molar-refractivity contribution in [2.24, 2.45) is 24.8 Å². The van der Waals surface area contributed by atoms with E-state index in [0.29, 0.717) is 34.3 Å². The van der Waals surface area contributed by atoms with E-state index in [1.165, 1.54) is 28.0 Å². The molecule has 2 aliphatic rings. The number of carbonyl (C=O) groups excluding carboxylic acids is 2. The summed E-state index contributed by atoms with van der Waals surface area (Å²) >= 11 is 0. The Morgan fingerprint density at radius 2 is 1.87 bits per heavy atom. The average Bonchev–Trinajstić information content (AvgIpc) is 3.74. The fourth-order valence-electron chi connectivity index (χ4n) is 5.05. The van der Waals surface area contributed by atoms with Crippen molar-refractivity contribution in [2.75, 3.05) is 5.32 Å². The van der Waals surface area contributed by atoms with Crippen molar-refractivity contribution in [3.63, 3.8) is 0 Å². The molecule has 0 aromatic carbocycles. The molecule has 3 aromatic heterocycles. The molecule has 38 heavy (non-hydrogen) atoms. The average molecular weight is 535 g/mol. The maximum atomic E-state index is 13.5. The number of hydrogen-bond acceptors (Lipinski definition) is 7. The summed E-state index contributed by atoms with van der Waals surface area (Å²) in [5.41, 5.74) is 0.705. The molecular weight excluding hydrogens is 505 g/mol. The van der Waals surface area contributed by atoms with Crippen LogP contribution in [0.3, 0.4) is 0 Å². The Kier molecular flexibility index (Phi) is 6.92. The Morgan fingerprint density at radius 1 is 1.16 bits per heavy atom. The van der Waals surface area contributed by atoms with Gasteiger partial charge in [-0.2, -0.15) is 23.4 Å². The third-order valence-electron chi connectivity index (χ3n) is 7.10. The largest absolute Gasteiger partial charge is 0.408 e. The zero-order valence-electron chi connectivity index (χ0n) is 21.0. The van der Waals surface area contributed by atoms with Gasteiger partial charge in [0.05, 0.1) is 11.9 Å². The Balaban J connectivity index is 1.34. The number of anilines is 1. The standard InChI is InChI=1S/C23H29F3N10O2/c1-3-16(20-31-32-33-36(20)12-23(24,25)26)35-11-15(10-28-35)29-22(38)19(18(13-4-5-13)14-6-7-14)30-21(37)17-8-9-27-34(17)2/h8-11,13-14,16,18-19H,3-7,12H2,1-2H3,(H,29,38)(H,30,37)/t16?,19-/m0/s1. The van der Waals surface area contributed by atoms with Crippen molar-refractivity contribution >= 4 is 17.5 Å². The van der Waals surface area contributed by atoms with Crippen molar-refractivity contribution in [2.45, 2.75) is 63.8 Å². The van der Waals surface area contributed by atoms with Gasteiger partial charge in [0.1, 0.15) is 24.3 Å². The Bertz CT molecular complexity index is 1280. The minimum Gasteiger partial charge on any atom is -0.339 e. The zero-order valence-corrected chi connectivity index (χ0v) is 21.0. The lowest BCUT2D eigenvalue weighted by atomic mass is 9.88. The van der Waals surface area contributed by atoms with Crippen LogP contribution in [-0.2, 0) is 18.4 Å². The fraction of sp³-hybridized carbons (Fsp3) is 0.609. The molecule has 2 saturated carbocycles. The molecular formula is C23H29F3N10O2. The van der Waals surface area contributed by atoms with Crippen LogP contribution in [0, 0.1) is 17.8 Å². The van der Waals surface area contributed by atoms with Crippen LogP contribution >= 0.6 is 0 Å². The van der Waals surface area contributed by atoms with Gasteiger partial charge in [-0.05, 0) is 66.4 Å². The van der Waals surface area contributed by atoms with Gasteiger partial charge in [0, 0.05) is 19.4 Å². The molecule has 2 N–H and O–H groups in total. The molecule has 0 saturated heterocycles. The minimum atomic E-state index is -4.49. The number of aromatic nitrogens is 8. The van der Waals surface area contributed by atoms with Crippen molar-refractivity contribution in [3.05, 3.63) is 36.2 Å². The first-order valence-corrected chi connectivity index (χ1v) is 12.6. The highest BCUT2D eigenvalue weighted by atomic mass is 19.4. The molecule has 3 aromatic rings. The van der Waals surface area contributed by atoms with Gasteiger partial charge in [0.2, 0.25) is 5.91 Å². The summed E-state index contributed by atoms with van der Waals surface area (Å²) in [6.45, 7) is 0.454. The Labute approximate surface area is 215 Å². The van der Waals surface area contributed by atoms with Crippen molar-refractivity contribution < 1.29 is 22.8 Å². The molecule has 0 radical (unpaired) electrons. The van der Waals surface area contributed by atoms with Crippen molar-refractivity contribution in [1.29, 1.82) is 0 Å².